The van der Waals surface area contributed by atoms with Gasteiger partial charge >= 0.3 is 0 Å². The van der Waals surface area contributed by atoms with E-state index < -0.39 is 62.1 Å². The van der Waals surface area contributed by atoms with Crippen molar-refractivity contribution in [3.8, 4) is 16.9 Å². The molecule has 43 heavy (non-hydrogen) atoms. The maximum Gasteiger partial charge on any atom is 0.270 e. The van der Waals surface area contributed by atoms with Crippen molar-refractivity contribution in [2.24, 2.45) is 34.3 Å². The molecule has 2 aromatic rings. The van der Waals surface area contributed by atoms with Crippen molar-refractivity contribution in [3.05, 3.63) is 68.3 Å². The predicted molar refractivity (Wildman–Crippen MR) is 157 cm³/mol. The van der Waals surface area contributed by atoms with Crippen LogP contribution in [0.1, 0.15) is 69.4 Å². The van der Waals surface area contributed by atoms with Crippen LogP contribution in [0.15, 0.2) is 41.5 Å². The smallest absolute Gasteiger partial charge is 0.270 e. The maximum absolute atomic E-state index is 14.5. The summed E-state index contributed by atoms with van der Waals surface area (Å²) in [5.74, 6) is -6.59. The first-order valence-corrected chi connectivity index (χ1v) is 14.4. The first-order chi connectivity index (χ1) is 20.0. The minimum Gasteiger partial charge on any atom is -0.507 e. The normalized spacial score (nSPS) is 30.2. The molecule has 3 aliphatic carbocycles. The molecule has 10 heteroatoms. The number of non-ortho nitro benzene ring substituents is 1. The molecule has 1 saturated carbocycles. The summed E-state index contributed by atoms with van der Waals surface area (Å²) in [4.78, 5) is 66.7. The summed E-state index contributed by atoms with van der Waals surface area (Å²) >= 11 is 0. The zero-order valence-electron chi connectivity index (χ0n) is 25.1. The number of nitrogens with zero attached hydrogens (tertiary/aromatic N) is 1. The van der Waals surface area contributed by atoms with E-state index in [4.69, 9.17) is 5.73 Å². The second-order valence-electron chi connectivity index (χ2n) is 13.2. The molecule has 0 aliphatic heterocycles. The molecule has 0 radical (unpaired) electrons. The van der Waals surface area contributed by atoms with Gasteiger partial charge in [-0.25, -0.2) is 0 Å². The van der Waals surface area contributed by atoms with Crippen molar-refractivity contribution >= 4 is 28.8 Å². The third-order valence-corrected chi connectivity index (χ3v) is 10.1. The van der Waals surface area contributed by atoms with Crippen molar-refractivity contribution in [1.29, 1.82) is 0 Å². The number of aromatic hydroxyl groups is 1. The van der Waals surface area contributed by atoms with Crippen molar-refractivity contribution < 1.29 is 34.3 Å². The quantitative estimate of drug-likeness (QED) is 0.199. The number of rotatable bonds is 5. The molecular weight excluding hydrogens is 552 g/mol. The van der Waals surface area contributed by atoms with Gasteiger partial charge < -0.3 is 15.9 Å². The van der Waals surface area contributed by atoms with E-state index in [0.717, 1.165) is 0 Å². The van der Waals surface area contributed by atoms with Crippen LogP contribution in [0.3, 0.4) is 0 Å². The predicted octanol–water partition coefficient (Wildman–Crippen LogP) is 4.26. The van der Waals surface area contributed by atoms with Gasteiger partial charge in [-0.05, 0) is 60.8 Å². The Morgan fingerprint density at radius 1 is 1.16 bits per heavy atom. The number of benzene rings is 2. The highest BCUT2D eigenvalue weighted by Gasteiger charge is 2.73. The van der Waals surface area contributed by atoms with Crippen LogP contribution in [0.4, 0.5) is 5.69 Å². The summed E-state index contributed by atoms with van der Waals surface area (Å²) in [6.45, 7) is 9.97. The van der Waals surface area contributed by atoms with Gasteiger partial charge in [-0.1, -0.05) is 51.0 Å². The molecule has 2 unspecified atom stereocenters. The van der Waals surface area contributed by atoms with E-state index in [1.807, 2.05) is 13.8 Å². The van der Waals surface area contributed by atoms with E-state index in [9.17, 15) is 39.5 Å². The van der Waals surface area contributed by atoms with Gasteiger partial charge in [0.1, 0.15) is 17.5 Å². The molecule has 0 amide bonds. The molecule has 0 bridgehead atoms. The van der Waals surface area contributed by atoms with E-state index in [1.165, 1.54) is 25.1 Å². The standard InChI is InChI=1S/C33H36N2O8/c1-15(2)25-16(3)23(17(4)36)29(39)33(41)30(40)26-28(38)24-22(12-31(26,5)14-32(25,33)6)21(11-19(13-34)27(24)37)18-8-7-9-20(10-18)35(42)43/h7-11,15,23,26,37,41H,12-14,34H2,1-6H3/t23?,26?,31-,32-,33+/m0/s1. The lowest BCUT2D eigenvalue weighted by Gasteiger charge is -2.60. The number of aliphatic hydroxyl groups is 1. The van der Waals surface area contributed by atoms with Gasteiger partial charge in [0.2, 0.25) is 0 Å². The molecule has 10 nitrogen and oxygen atoms in total. The lowest BCUT2D eigenvalue weighted by Crippen LogP contribution is -2.73. The van der Waals surface area contributed by atoms with Crippen molar-refractivity contribution in [3.63, 3.8) is 0 Å². The molecule has 0 aromatic heterocycles. The van der Waals surface area contributed by atoms with Crippen LogP contribution >= 0.6 is 0 Å². The minimum atomic E-state index is -2.64. The summed E-state index contributed by atoms with van der Waals surface area (Å²) in [6.07, 6.45) is 0.161. The molecule has 0 heterocycles. The lowest BCUT2D eigenvalue weighted by molar-refractivity contribution is -0.384. The Bertz CT molecular complexity index is 1690. The summed E-state index contributed by atoms with van der Waals surface area (Å²) in [6, 6.07) is 7.52. The second-order valence-corrected chi connectivity index (χ2v) is 13.2. The van der Waals surface area contributed by atoms with Gasteiger partial charge in [0, 0.05) is 29.7 Å². The van der Waals surface area contributed by atoms with Gasteiger partial charge in [0.05, 0.1) is 16.4 Å². The monoisotopic (exact) mass is 588 g/mol. The van der Waals surface area contributed by atoms with Crippen LogP contribution < -0.4 is 5.73 Å². The number of nitro benzene ring substituents is 1. The molecule has 2 aromatic carbocycles. The van der Waals surface area contributed by atoms with Crippen LogP contribution in [-0.2, 0) is 27.3 Å². The zero-order chi connectivity index (χ0) is 32.0. The van der Waals surface area contributed by atoms with Crippen LogP contribution in [-0.4, -0.2) is 43.9 Å². The number of phenolic OH excluding ortho intramolecular Hbond substituents is 1. The van der Waals surface area contributed by atoms with E-state index in [0.29, 0.717) is 27.8 Å². The molecule has 5 atom stereocenters. The highest BCUT2D eigenvalue weighted by molar-refractivity contribution is 6.27. The van der Waals surface area contributed by atoms with Crippen LogP contribution in [0, 0.1) is 38.7 Å². The van der Waals surface area contributed by atoms with Gasteiger partial charge in [-0.2, -0.15) is 0 Å². The Kier molecular flexibility index (Phi) is 6.90. The summed E-state index contributed by atoms with van der Waals surface area (Å²) in [5.41, 5.74) is 3.13. The van der Waals surface area contributed by atoms with Crippen LogP contribution in [0.25, 0.3) is 11.1 Å². The molecular formula is C33H36N2O8. The SMILES string of the molecule is CC(=O)C1C(=O)[C@@]2(O)C(=O)C3C(=O)c4c(O)c(CN)cc(-c5cccc([N+](=O)[O-])c5)c4C[C@@]3(C)C[C@@]2(C)C(C(C)C)=C1C. The molecule has 5 rings (SSSR count). The number of fused-ring (bicyclic) bond motifs is 3. The van der Waals surface area contributed by atoms with Crippen LogP contribution in [0.2, 0.25) is 0 Å². The average Bonchev–Trinajstić information content (AvgIpc) is 2.90. The van der Waals surface area contributed by atoms with E-state index in [1.54, 1.807) is 32.9 Å². The molecule has 1 fully saturated rings. The summed E-state index contributed by atoms with van der Waals surface area (Å²) in [5, 5.41) is 35.1. The maximum atomic E-state index is 14.5. The second kappa shape index (κ2) is 9.75. The van der Waals surface area contributed by atoms with Gasteiger partial charge in [0.25, 0.3) is 5.69 Å². The fourth-order valence-corrected chi connectivity index (χ4v) is 8.66. The number of Topliss-reactive ketones (excluding diaryl/α,β-unsaturated/α-hetero) is 4. The number of nitrogens with two attached hydrogens (primary N) is 1. The largest absolute Gasteiger partial charge is 0.507 e. The highest BCUT2D eigenvalue weighted by atomic mass is 16.6. The Labute approximate surface area is 249 Å². The number of allylic oxidation sites excluding steroid dienone is 1. The Balaban J connectivity index is 1.80. The number of ketones is 4. The third-order valence-electron chi connectivity index (χ3n) is 10.1. The van der Waals surface area contributed by atoms with Crippen molar-refractivity contribution in [2.75, 3.05) is 0 Å². The summed E-state index contributed by atoms with van der Waals surface area (Å²) in [7, 11) is 0. The minimum absolute atomic E-state index is 0.0626. The Hall–Kier alpha value is -4.02. The zero-order valence-corrected chi connectivity index (χ0v) is 25.1. The van der Waals surface area contributed by atoms with E-state index in [-0.39, 0.29) is 42.1 Å². The molecule has 3 aliphatic rings. The summed E-state index contributed by atoms with van der Waals surface area (Å²) < 4.78 is 0. The number of carbonyl (C=O) groups is 4. The molecule has 4 N–H and O–H groups in total. The van der Waals surface area contributed by atoms with Gasteiger partial charge in [0.15, 0.2) is 23.0 Å². The van der Waals surface area contributed by atoms with Crippen molar-refractivity contribution in [1.82, 2.24) is 0 Å². The molecule has 0 spiro atoms. The van der Waals surface area contributed by atoms with E-state index >= 15 is 0 Å². The molecule has 226 valence electrons. The third kappa shape index (κ3) is 3.92. The first-order valence-electron chi connectivity index (χ1n) is 14.4. The first kappa shape index (κ1) is 30.4. The number of hydrogen-bond donors (Lipinski definition) is 3. The van der Waals surface area contributed by atoms with E-state index in [2.05, 4.69) is 0 Å². The molecule has 0 saturated heterocycles. The topological polar surface area (TPSA) is 178 Å². The average molecular weight is 589 g/mol. The number of carbonyl (C=O) groups excluding carboxylic acids is 4. The van der Waals surface area contributed by atoms with Crippen LogP contribution in [0.5, 0.6) is 5.75 Å². The lowest BCUT2D eigenvalue weighted by atomic mass is 9.41. The van der Waals surface area contributed by atoms with Gasteiger partial charge in [-0.3, -0.25) is 29.3 Å². The number of nitro groups is 1. The van der Waals surface area contributed by atoms with Crippen molar-refractivity contribution in [2.45, 2.75) is 66.5 Å². The van der Waals surface area contributed by atoms with Gasteiger partial charge in [-0.15, -0.1) is 0 Å². The Morgan fingerprint density at radius 3 is 2.37 bits per heavy atom. The number of hydrogen-bond acceptors (Lipinski definition) is 9. The Morgan fingerprint density at radius 2 is 1.81 bits per heavy atom. The fraction of sp³-hybridized carbons (Fsp3) is 0.455. The number of phenols is 1. The fourth-order valence-electron chi connectivity index (χ4n) is 8.66. The highest BCUT2D eigenvalue weighted by Crippen LogP contribution is 2.64.